The maximum absolute atomic E-state index is 11.1. The molecule has 2 N–H and O–H groups in total. The molecule has 1 amide bonds. The summed E-state index contributed by atoms with van der Waals surface area (Å²) in [5.74, 6) is 0.106. The number of rotatable bonds is 2. The van der Waals surface area contributed by atoms with Crippen LogP contribution < -0.4 is 5.73 Å². The fraction of sp³-hybridized carbons (Fsp3) is 0.417. The zero-order valence-electron chi connectivity index (χ0n) is 8.36. The van der Waals surface area contributed by atoms with Crippen molar-refractivity contribution in [1.82, 2.24) is 0 Å². The van der Waals surface area contributed by atoms with E-state index in [1.54, 1.807) is 0 Å². The lowest BCUT2D eigenvalue weighted by Gasteiger charge is -2.16. The molecule has 1 aliphatic rings. The molecule has 1 aromatic rings. The summed E-state index contributed by atoms with van der Waals surface area (Å²) in [4.78, 5) is 11.1. The van der Waals surface area contributed by atoms with Crippen LogP contribution in [0.25, 0.3) is 0 Å². The van der Waals surface area contributed by atoms with Crippen molar-refractivity contribution in [3.8, 4) is 0 Å². The van der Waals surface area contributed by atoms with E-state index in [1.165, 1.54) is 11.1 Å². The van der Waals surface area contributed by atoms with Crippen molar-refractivity contribution < 1.29 is 4.79 Å². The van der Waals surface area contributed by atoms with Crippen molar-refractivity contribution in [2.24, 2.45) is 11.7 Å². The Morgan fingerprint density at radius 1 is 1.50 bits per heavy atom. The van der Waals surface area contributed by atoms with Gasteiger partial charge in [-0.2, -0.15) is 0 Å². The Hall–Kier alpha value is -1.31. The first-order valence-corrected chi connectivity index (χ1v) is 5.07. The molecule has 0 aromatic heterocycles. The number of carbonyl (C=O) groups is 1. The zero-order valence-corrected chi connectivity index (χ0v) is 8.36. The van der Waals surface area contributed by atoms with Crippen LogP contribution in [0.1, 0.15) is 30.4 Å². The van der Waals surface area contributed by atoms with Crippen LogP contribution in [0, 0.1) is 5.92 Å². The third kappa shape index (κ3) is 1.41. The topological polar surface area (TPSA) is 43.1 Å². The number of hydrogen-bond acceptors (Lipinski definition) is 1. The molecule has 2 rings (SSSR count). The predicted molar refractivity (Wildman–Crippen MR) is 55.9 cm³/mol. The summed E-state index contributed by atoms with van der Waals surface area (Å²) in [6, 6.07) is 8.34. The van der Waals surface area contributed by atoms with Gasteiger partial charge in [0.2, 0.25) is 5.91 Å². The predicted octanol–water partition coefficient (Wildman–Crippen LogP) is 1.84. The molecule has 0 radical (unpaired) electrons. The number of carbonyl (C=O) groups excluding carboxylic acids is 1. The molecule has 0 saturated heterocycles. The lowest BCUT2D eigenvalue weighted by atomic mass is 9.88. The second-order valence-electron chi connectivity index (χ2n) is 4.04. The molecule has 2 heteroatoms. The van der Waals surface area contributed by atoms with Gasteiger partial charge < -0.3 is 5.73 Å². The van der Waals surface area contributed by atoms with Gasteiger partial charge in [-0.25, -0.2) is 0 Å². The third-order valence-corrected chi connectivity index (χ3v) is 3.23. The van der Waals surface area contributed by atoms with Gasteiger partial charge in [0.15, 0.2) is 0 Å². The minimum Gasteiger partial charge on any atom is -0.369 e. The molecule has 14 heavy (non-hydrogen) atoms. The van der Waals surface area contributed by atoms with Gasteiger partial charge in [0.1, 0.15) is 0 Å². The van der Waals surface area contributed by atoms with E-state index in [1.807, 2.05) is 13.0 Å². The van der Waals surface area contributed by atoms with Gasteiger partial charge in [-0.15, -0.1) is 0 Å². The van der Waals surface area contributed by atoms with E-state index in [-0.39, 0.29) is 11.8 Å². The van der Waals surface area contributed by atoms with Crippen LogP contribution in [0.4, 0.5) is 0 Å². The minimum absolute atomic E-state index is 0.0429. The van der Waals surface area contributed by atoms with Gasteiger partial charge in [-0.05, 0) is 29.9 Å². The lowest BCUT2D eigenvalue weighted by Crippen LogP contribution is -2.25. The van der Waals surface area contributed by atoms with E-state index in [0.29, 0.717) is 5.92 Å². The highest BCUT2D eigenvalue weighted by Gasteiger charge is 2.29. The highest BCUT2D eigenvalue weighted by molar-refractivity contribution is 5.77. The highest BCUT2D eigenvalue weighted by Crippen LogP contribution is 2.37. The number of aryl methyl sites for hydroxylation is 1. The zero-order chi connectivity index (χ0) is 10.1. The molecule has 0 fully saturated rings. The SMILES string of the molecule is CC(C(N)=O)C1CCc2ccccc21. The second-order valence-corrected chi connectivity index (χ2v) is 4.04. The van der Waals surface area contributed by atoms with Crippen LogP contribution in [-0.2, 0) is 11.2 Å². The summed E-state index contributed by atoms with van der Waals surface area (Å²) in [5.41, 5.74) is 8.03. The molecule has 0 aliphatic heterocycles. The van der Waals surface area contributed by atoms with Crippen LogP contribution in [0.5, 0.6) is 0 Å². The smallest absolute Gasteiger partial charge is 0.220 e. The van der Waals surface area contributed by atoms with Gasteiger partial charge in [0, 0.05) is 5.92 Å². The fourth-order valence-electron chi connectivity index (χ4n) is 2.31. The molecule has 0 bridgehead atoms. The first-order chi connectivity index (χ1) is 6.70. The van der Waals surface area contributed by atoms with E-state index < -0.39 is 0 Å². The Morgan fingerprint density at radius 3 is 2.93 bits per heavy atom. The number of benzene rings is 1. The van der Waals surface area contributed by atoms with E-state index in [9.17, 15) is 4.79 Å². The van der Waals surface area contributed by atoms with Crippen LogP contribution in [0.3, 0.4) is 0 Å². The van der Waals surface area contributed by atoms with E-state index >= 15 is 0 Å². The Labute approximate surface area is 84.1 Å². The number of fused-ring (bicyclic) bond motifs is 1. The van der Waals surface area contributed by atoms with E-state index in [0.717, 1.165) is 12.8 Å². The van der Waals surface area contributed by atoms with Gasteiger partial charge in [0.25, 0.3) is 0 Å². The average Bonchev–Trinajstić information content (AvgIpc) is 2.60. The molecular weight excluding hydrogens is 174 g/mol. The van der Waals surface area contributed by atoms with Crippen LogP contribution in [0.15, 0.2) is 24.3 Å². The Balaban J connectivity index is 2.30. The second kappa shape index (κ2) is 3.45. The molecule has 0 heterocycles. The summed E-state index contributed by atoms with van der Waals surface area (Å²) < 4.78 is 0. The van der Waals surface area contributed by atoms with E-state index in [2.05, 4.69) is 18.2 Å². The largest absolute Gasteiger partial charge is 0.369 e. The standard InChI is InChI=1S/C12H15NO/c1-8(12(13)14)10-7-6-9-4-2-3-5-11(9)10/h2-5,8,10H,6-7H2,1H3,(H2,13,14). The highest BCUT2D eigenvalue weighted by atomic mass is 16.1. The molecular formula is C12H15NO. The van der Waals surface area contributed by atoms with Crippen LogP contribution >= 0.6 is 0 Å². The Kier molecular flexibility index (Phi) is 2.28. The molecule has 2 unspecified atom stereocenters. The van der Waals surface area contributed by atoms with Gasteiger partial charge in [0.05, 0.1) is 0 Å². The maximum Gasteiger partial charge on any atom is 0.220 e. The van der Waals surface area contributed by atoms with Gasteiger partial charge >= 0.3 is 0 Å². The normalized spacial score (nSPS) is 21.6. The monoisotopic (exact) mass is 189 g/mol. The summed E-state index contributed by atoms with van der Waals surface area (Å²) >= 11 is 0. The van der Waals surface area contributed by atoms with Crippen LogP contribution in [0.2, 0.25) is 0 Å². The van der Waals surface area contributed by atoms with Crippen molar-refractivity contribution in [2.75, 3.05) is 0 Å². The summed E-state index contributed by atoms with van der Waals surface area (Å²) in [7, 11) is 0. The van der Waals surface area contributed by atoms with Crippen molar-refractivity contribution in [3.63, 3.8) is 0 Å². The first kappa shape index (κ1) is 9.25. The Morgan fingerprint density at radius 2 is 2.21 bits per heavy atom. The Bertz CT molecular complexity index is 359. The van der Waals surface area contributed by atoms with Gasteiger partial charge in [-0.3, -0.25) is 4.79 Å². The minimum atomic E-state index is -0.188. The molecule has 0 spiro atoms. The number of hydrogen-bond donors (Lipinski definition) is 1. The number of amides is 1. The molecule has 1 aliphatic carbocycles. The maximum atomic E-state index is 11.1. The molecule has 74 valence electrons. The summed E-state index contributed by atoms with van der Waals surface area (Å²) in [6.45, 7) is 1.93. The van der Waals surface area contributed by atoms with Crippen LogP contribution in [-0.4, -0.2) is 5.91 Å². The molecule has 0 saturated carbocycles. The summed E-state index contributed by atoms with van der Waals surface area (Å²) in [5, 5.41) is 0. The fourth-order valence-corrected chi connectivity index (χ4v) is 2.31. The lowest BCUT2D eigenvalue weighted by molar-refractivity contribution is -0.121. The number of nitrogens with two attached hydrogens (primary N) is 1. The van der Waals surface area contributed by atoms with Crippen molar-refractivity contribution in [1.29, 1.82) is 0 Å². The quantitative estimate of drug-likeness (QED) is 0.757. The summed E-state index contributed by atoms with van der Waals surface area (Å²) in [6.07, 6.45) is 2.14. The van der Waals surface area contributed by atoms with Crippen molar-refractivity contribution >= 4 is 5.91 Å². The molecule has 2 nitrogen and oxygen atoms in total. The van der Waals surface area contributed by atoms with Crippen molar-refractivity contribution in [3.05, 3.63) is 35.4 Å². The van der Waals surface area contributed by atoms with Crippen molar-refractivity contribution in [2.45, 2.75) is 25.7 Å². The van der Waals surface area contributed by atoms with Gasteiger partial charge in [-0.1, -0.05) is 31.2 Å². The van der Waals surface area contributed by atoms with E-state index in [4.69, 9.17) is 5.73 Å². The molecule has 2 atom stereocenters. The third-order valence-electron chi connectivity index (χ3n) is 3.23. The average molecular weight is 189 g/mol. The number of primary amides is 1. The first-order valence-electron chi connectivity index (χ1n) is 5.07. The molecule has 1 aromatic carbocycles.